The van der Waals surface area contributed by atoms with Gasteiger partial charge in [-0.3, -0.25) is 4.79 Å². The number of aryl methyl sites for hydroxylation is 1. The van der Waals surface area contributed by atoms with E-state index in [1.54, 1.807) is 14.0 Å². The van der Waals surface area contributed by atoms with Crippen LogP contribution in [-0.2, 0) is 4.79 Å². The number of methoxy groups -OCH3 is 1. The van der Waals surface area contributed by atoms with Crippen molar-refractivity contribution in [3.8, 4) is 5.75 Å². The van der Waals surface area contributed by atoms with Crippen LogP contribution in [0.25, 0.3) is 0 Å². The highest BCUT2D eigenvalue weighted by atomic mass is 16.5. The van der Waals surface area contributed by atoms with Gasteiger partial charge in [-0.1, -0.05) is 23.4 Å². The number of rotatable bonds is 5. The molecule has 1 aromatic heterocycles. The lowest BCUT2D eigenvalue weighted by Crippen LogP contribution is -2.51. The van der Waals surface area contributed by atoms with Gasteiger partial charge in [0.25, 0.3) is 0 Å². The Morgan fingerprint density at radius 1 is 1.45 bits per heavy atom. The van der Waals surface area contributed by atoms with E-state index in [-0.39, 0.29) is 11.8 Å². The molecule has 1 aliphatic heterocycles. The molecule has 1 saturated heterocycles. The Morgan fingerprint density at radius 2 is 2.23 bits per heavy atom. The Kier molecular flexibility index (Phi) is 4.06. The van der Waals surface area contributed by atoms with Crippen LogP contribution < -0.4 is 15.4 Å². The van der Waals surface area contributed by atoms with Gasteiger partial charge in [-0.15, -0.1) is 0 Å². The number of benzene rings is 1. The monoisotopic (exact) mass is 302 g/mol. The third-order valence-corrected chi connectivity index (χ3v) is 3.69. The summed E-state index contributed by atoms with van der Waals surface area (Å²) in [5.74, 6) is 1.49. The smallest absolute Gasteiger partial charge is 0.226 e. The van der Waals surface area contributed by atoms with Crippen LogP contribution >= 0.6 is 0 Å². The average molecular weight is 302 g/mol. The fourth-order valence-electron chi connectivity index (χ4n) is 2.35. The number of nitrogens with zero attached hydrogens (tertiary/aromatic N) is 2. The summed E-state index contributed by atoms with van der Waals surface area (Å²) in [6, 6.07) is 6.98. The SMILES string of the molecule is COc1ccccc1C(NC(=O)C1CNC1)c1noc(C)n1. The molecule has 3 rings (SSSR count). The number of hydrogen-bond donors (Lipinski definition) is 2. The van der Waals surface area contributed by atoms with Gasteiger partial charge in [0.1, 0.15) is 11.8 Å². The molecule has 116 valence electrons. The minimum absolute atomic E-state index is 0.0230. The van der Waals surface area contributed by atoms with Crippen molar-refractivity contribution in [2.45, 2.75) is 13.0 Å². The Bertz CT molecular complexity index is 666. The maximum atomic E-state index is 12.3. The van der Waals surface area contributed by atoms with Gasteiger partial charge in [0.2, 0.25) is 11.8 Å². The molecule has 0 aliphatic carbocycles. The van der Waals surface area contributed by atoms with Crippen LogP contribution in [0.4, 0.5) is 0 Å². The molecule has 1 unspecified atom stereocenters. The predicted octanol–water partition coefficient (Wildman–Crippen LogP) is 0.812. The summed E-state index contributed by atoms with van der Waals surface area (Å²) in [6.07, 6.45) is 0. The van der Waals surface area contributed by atoms with Crippen LogP contribution in [0.15, 0.2) is 28.8 Å². The number of aromatic nitrogens is 2. The Hall–Kier alpha value is -2.41. The molecule has 1 fully saturated rings. The van der Waals surface area contributed by atoms with Gasteiger partial charge in [-0.25, -0.2) is 0 Å². The lowest BCUT2D eigenvalue weighted by Gasteiger charge is -2.28. The Balaban J connectivity index is 1.93. The zero-order valence-corrected chi connectivity index (χ0v) is 12.5. The van der Waals surface area contributed by atoms with Crippen molar-refractivity contribution in [1.82, 2.24) is 20.8 Å². The number of hydrogen-bond acceptors (Lipinski definition) is 6. The quantitative estimate of drug-likeness (QED) is 0.849. The molecular weight excluding hydrogens is 284 g/mol. The van der Waals surface area contributed by atoms with Crippen molar-refractivity contribution in [3.05, 3.63) is 41.5 Å². The molecule has 2 heterocycles. The number of para-hydroxylation sites is 1. The normalized spacial score (nSPS) is 15.9. The summed E-state index contributed by atoms with van der Waals surface area (Å²) < 4.78 is 10.4. The summed E-state index contributed by atoms with van der Waals surface area (Å²) in [4.78, 5) is 16.6. The molecule has 2 N–H and O–H groups in total. The lowest BCUT2D eigenvalue weighted by atomic mass is 10.00. The molecule has 0 bridgehead atoms. The Labute approximate surface area is 128 Å². The molecule has 7 nitrogen and oxygen atoms in total. The van der Waals surface area contributed by atoms with Crippen molar-refractivity contribution in [3.63, 3.8) is 0 Å². The largest absolute Gasteiger partial charge is 0.496 e. The maximum absolute atomic E-state index is 12.3. The molecule has 1 atom stereocenters. The lowest BCUT2D eigenvalue weighted by molar-refractivity contribution is -0.127. The van der Waals surface area contributed by atoms with Gasteiger partial charge in [-0.2, -0.15) is 4.98 Å². The molecular formula is C15H18N4O3. The van der Waals surface area contributed by atoms with E-state index >= 15 is 0 Å². The number of ether oxygens (including phenoxy) is 1. The average Bonchev–Trinajstić information content (AvgIpc) is 2.89. The van der Waals surface area contributed by atoms with Crippen LogP contribution in [0, 0.1) is 12.8 Å². The number of nitrogens with one attached hydrogen (secondary N) is 2. The van der Waals surface area contributed by atoms with Crippen LogP contribution in [0.3, 0.4) is 0 Å². The van der Waals surface area contributed by atoms with Crippen molar-refractivity contribution >= 4 is 5.91 Å². The van der Waals surface area contributed by atoms with Crippen LogP contribution in [0.5, 0.6) is 5.75 Å². The van der Waals surface area contributed by atoms with Gasteiger partial charge in [0, 0.05) is 25.6 Å². The maximum Gasteiger partial charge on any atom is 0.226 e. The van der Waals surface area contributed by atoms with E-state index in [2.05, 4.69) is 20.8 Å². The molecule has 22 heavy (non-hydrogen) atoms. The second-order valence-corrected chi connectivity index (χ2v) is 5.21. The molecule has 1 aromatic carbocycles. The highest BCUT2D eigenvalue weighted by molar-refractivity contribution is 5.81. The third kappa shape index (κ3) is 2.80. The zero-order chi connectivity index (χ0) is 15.5. The van der Waals surface area contributed by atoms with E-state index in [1.165, 1.54) is 0 Å². The molecule has 0 saturated carbocycles. The van der Waals surface area contributed by atoms with Crippen molar-refractivity contribution in [1.29, 1.82) is 0 Å². The fraction of sp³-hybridized carbons (Fsp3) is 0.400. The van der Waals surface area contributed by atoms with Crippen molar-refractivity contribution in [2.24, 2.45) is 5.92 Å². The second-order valence-electron chi connectivity index (χ2n) is 5.21. The summed E-state index contributed by atoms with van der Waals surface area (Å²) >= 11 is 0. The van der Waals surface area contributed by atoms with Gasteiger partial charge >= 0.3 is 0 Å². The highest BCUT2D eigenvalue weighted by Gasteiger charge is 2.30. The van der Waals surface area contributed by atoms with Gasteiger partial charge in [0.05, 0.1) is 13.0 Å². The van der Waals surface area contributed by atoms with E-state index in [1.807, 2.05) is 24.3 Å². The molecule has 1 amide bonds. The fourth-order valence-corrected chi connectivity index (χ4v) is 2.35. The van der Waals surface area contributed by atoms with E-state index in [0.29, 0.717) is 30.6 Å². The molecule has 1 aliphatic rings. The minimum atomic E-state index is -0.498. The first kappa shape index (κ1) is 14.5. The summed E-state index contributed by atoms with van der Waals surface area (Å²) in [7, 11) is 1.59. The van der Waals surface area contributed by atoms with E-state index in [0.717, 1.165) is 5.56 Å². The first-order valence-electron chi connectivity index (χ1n) is 7.13. The number of carbonyl (C=O) groups is 1. The number of amides is 1. The zero-order valence-electron chi connectivity index (χ0n) is 12.5. The minimum Gasteiger partial charge on any atom is -0.496 e. The van der Waals surface area contributed by atoms with Gasteiger partial charge in [0.15, 0.2) is 5.82 Å². The summed E-state index contributed by atoms with van der Waals surface area (Å²) in [5, 5.41) is 10.0. The Morgan fingerprint density at radius 3 is 2.82 bits per heavy atom. The predicted molar refractivity (Wildman–Crippen MR) is 78.4 cm³/mol. The van der Waals surface area contributed by atoms with Gasteiger partial charge in [-0.05, 0) is 6.07 Å². The second kappa shape index (κ2) is 6.15. The third-order valence-electron chi connectivity index (χ3n) is 3.69. The summed E-state index contributed by atoms with van der Waals surface area (Å²) in [5.41, 5.74) is 0.798. The van der Waals surface area contributed by atoms with Crippen LogP contribution in [0.2, 0.25) is 0 Å². The van der Waals surface area contributed by atoms with E-state index < -0.39 is 6.04 Å². The number of carbonyl (C=O) groups excluding carboxylic acids is 1. The van der Waals surface area contributed by atoms with Crippen LogP contribution in [0.1, 0.15) is 23.3 Å². The molecule has 2 aromatic rings. The molecule has 0 radical (unpaired) electrons. The topological polar surface area (TPSA) is 89.3 Å². The van der Waals surface area contributed by atoms with Crippen molar-refractivity contribution in [2.75, 3.05) is 20.2 Å². The summed E-state index contributed by atoms with van der Waals surface area (Å²) in [6.45, 7) is 3.10. The van der Waals surface area contributed by atoms with E-state index in [9.17, 15) is 4.79 Å². The standard InChI is InChI=1S/C15H18N4O3/c1-9-17-14(19-22-9)13(18-15(20)10-7-16-8-10)11-5-3-4-6-12(11)21-2/h3-6,10,13,16H,7-8H2,1-2H3,(H,18,20). The molecule has 7 heteroatoms. The van der Waals surface area contributed by atoms with Gasteiger partial charge < -0.3 is 19.9 Å². The first-order chi connectivity index (χ1) is 10.7. The first-order valence-corrected chi connectivity index (χ1v) is 7.13. The highest BCUT2D eigenvalue weighted by Crippen LogP contribution is 2.29. The molecule has 0 spiro atoms. The van der Waals surface area contributed by atoms with Crippen molar-refractivity contribution < 1.29 is 14.1 Å². The van der Waals surface area contributed by atoms with E-state index in [4.69, 9.17) is 9.26 Å². The van der Waals surface area contributed by atoms with Crippen LogP contribution in [-0.4, -0.2) is 36.2 Å².